The molecule has 1 amide bonds. The van der Waals surface area contributed by atoms with Crippen molar-refractivity contribution in [3.8, 4) is 11.5 Å². The first kappa shape index (κ1) is 20.2. The van der Waals surface area contributed by atoms with E-state index < -0.39 is 0 Å². The van der Waals surface area contributed by atoms with Crippen LogP contribution in [0.4, 0.5) is 5.69 Å². The summed E-state index contributed by atoms with van der Waals surface area (Å²) in [6.07, 6.45) is 0.303. The lowest BCUT2D eigenvalue weighted by atomic mass is 10.2. The maximum Gasteiger partial charge on any atom is 0.307 e. The molecule has 0 spiro atoms. The predicted molar refractivity (Wildman–Crippen MR) is 111 cm³/mol. The summed E-state index contributed by atoms with van der Waals surface area (Å²) in [5.74, 6) is 2.81. The SMILES string of the molecule is COC(=O)CC1CSCCN1CC(=O)Nc1cccc(Oc2ccccc2)c1. The van der Waals surface area contributed by atoms with Gasteiger partial charge in [0.05, 0.1) is 20.1 Å². The molecule has 148 valence electrons. The van der Waals surface area contributed by atoms with E-state index in [9.17, 15) is 9.59 Å². The van der Waals surface area contributed by atoms with Gasteiger partial charge >= 0.3 is 5.97 Å². The summed E-state index contributed by atoms with van der Waals surface area (Å²) in [6, 6.07) is 16.8. The minimum atomic E-state index is -0.247. The molecule has 0 bridgehead atoms. The fraction of sp³-hybridized carbons (Fsp3) is 0.333. The summed E-state index contributed by atoms with van der Waals surface area (Å²) in [4.78, 5) is 26.2. The van der Waals surface area contributed by atoms with Crippen molar-refractivity contribution in [3.05, 3.63) is 54.6 Å². The lowest BCUT2D eigenvalue weighted by molar-refractivity contribution is -0.142. The van der Waals surface area contributed by atoms with Gasteiger partial charge in [0.15, 0.2) is 0 Å². The van der Waals surface area contributed by atoms with Gasteiger partial charge in [-0.1, -0.05) is 24.3 Å². The number of carbonyl (C=O) groups excluding carboxylic acids is 2. The molecule has 2 aromatic rings. The number of hydrogen-bond donors (Lipinski definition) is 1. The number of rotatable bonds is 7. The standard InChI is InChI=1S/C21H24N2O4S/c1-26-21(25)13-17-15-28-11-10-23(17)14-20(24)22-16-6-5-9-19(12-16)27-18-7-3-2-4-8-18/h2-9,12,17H,10-11,13-15H2,1H3,(H,22,24). The van der Waals surface area contributed by atoms with E-state index in [2.05, 4.69) is 5.32 Å². The van der Waals surface area contributed by atoms with Crippen LogP contribution in [0.15, 0.2) is 54.6 Å². The van der Waals surface area contributed by atoms with E-state index in [4.69, 9.17) is 9.47 Å². The Bertz CT molecular complexity index is 800. The number of nitrogens with zero attached hydrogens (tertiary/aromatic N) is 1. The molecule has 1 N–H and O–H groups in total. The molecule has 1 aliphatic rings. The third kappa shape index (κ3) is 6.00. The predicted octanol–water partition coefficient (Wildman–Crippen LogP) is 3.40. The maximum atomic E-state index is 12.5. The zero-order valence-corrected chi connectivity index (χ0v) is 16.6. The average Bonchev–Trinajstić information content (AvgIpc) is 2.70. The Labute approximate surface area is 169 Å². The Morgan fingerprint density at radius 2 is 1.93 bits per heavy atom. The number of benzene rings is 2. The molecule has 1 unspecified atom stereocenters. The van der Waals surface area contributed by atoms with E-state index in [1.807, 2.05) is 53.4 Å². The van der Waals surface area contributed by atoms with Crippen LogP contribution >= 0.6 is 11.8 Å². The first-order valence-electron chi connectivity index (χ1n) is 9.15. The van der Waals surface area contributed by atoms with Crippen molar-refractivity contribution >= 4 is 29.3 Å². The lowest BCUT2D eigenvalue weighted by Crippen LogP contribution is -2.47. The molecule has 6 nitrogen and oxygen atoms in total. The molecule has 1 fully saturated rings. The number of thioether (sulfide) groups is 1. The van der Waals surface area contributed by atoms with Crippen LogP contribution in [0.3, 0.4) is 0 Å². The van der Waals surface area contributed by atoms with Crippen LogP contribution in [-0.2, 0) is 14.3 Å². The van der Waals surface area contributed by atoms with Crippen molar-refractivity contribution in [1.29, 1.82) is 0 Å². The highest BCUT2D eigenvalue weighted by molar-refractivity contribution is 7.99. The van der Waals surface area contributed by atoms with Gasteiger partial charge in [-0.2, -0.15) is 11.8 Å². The summed E-state index contributed by atoms with van der Waals surface area (Å²) in [5, 5.41) is 2.92. The van der Waals surface area contributed by atoms with Crippen LogP contribution in [0.2, 0.25) is 0 Å². The Morgan fingerprint density at radius 3 is 2.71 bits per heavy atom. The van der Waals surface area contributed by atoms with Crippen molar-refractivity contribution < 1.29 is 19.1 Å². The van der Waals surface area contributed by atoms with Crippen LogP contribution < -0.4 is 10.1 Å². The van der Waals surface area contributed by atoms with Gasteiger partial charge in [-0.15, -0.1) is 0 Å². The molecule has 1 atom stereocenters. The monoisotopic (exact) mass is 400 g/mol. The number of anilines is 1. The second-order valence-electron chi connectivity index (χ2n) is 6.47. The Hall–Kier alpha value is -2.51. The van der Waals surface area contributed by atoms with Gasteiger partial charge in [-0.25, -0.2) is 0 Å². The smallest absolute Gasteiger partial charge is 0.307 e. The first-order chi connectivity index (χ1) is 13.6. The highest BCUT2D eigenvalue weighted by Crippen LogP contribution is 2.24. The van der Waals surface area contributed by atoms with Crippen LogP contribution in [0.5, 0.6) is 11.5 Å². The van der Waals surface area contributed by atoms with Crippen molar-refractivity contribution in [2.75, 3.05) is 37.0 Å². The van der Waals surface area contributed by atoms with Gasteiger partial charge in [0.1, 0.15) is 11.5 Å². The summed E-state index contributed by atoms with van der Waals surface area (Å²) in [5.41, 5.74) is 0.675. The van der Waals surface area contributed by atoms with E-state index in [-0.39, 0.29) is 24.5 Å². The average molecular weight is 401 g/mol. The molecule has 2 aromatic carbocycles. The van der Waals surface area contributed by atoms with Crippen molar-refractivity contribution in [2.45, 2.75) is 12.5 Å². The molecule has 3 rings (SSSR count). The first-order valence-corrected chi connectivity index (χ1v) is 10.3. The summed E-state index contributed by atoms with van der Waals surface area (Å²) in [7, 11) is 1.39. The lowest BCUT2D eigenvalue weighted by Gasteiger charge is -2.34. The fourth-order valence-electron chi connectivity index (χ4n) is 3.01. The van der Waals surface area contributed by atoms with Gasteiger partial charge in [-0.3, -0.25) is 14.5 Å². The maximum absolute atomic E-state index is 12.5. The number of methoxy groups -OCH3 is 1. The number of para-hydroxylation sites is 1. The quantitative estimate of drug-likeness (QED) is 0.719. The molecule has 1 aliphatic heterocycles. The molecule has 0 aliphatic carbocycles. The Kier molecular flexibility index (Phi) is 7.33. The second-order valence-corrected chi connectivity index (χ2v) is 7.62. The molecular weight excluding hydrogens is 376 g/mol. The van der Waals surface area contributed by atoms with Crippen molar-refractivity contribution in [3.63, 3.8) is 0 Å². The third-order valence-electron chi connectivity index (χ3n) is 4.42. The molecular formula is C21H24N2O4S. The van der Waals surface area contributed by atoms with Crippen LogP contribution in [0, 0.1) is 0 Å². The largest absolute Gasteiger partial charge is 0.469 e. The second kappa shape index (κ2) is 10.1. The number of ether oxygens (including phenoxy) is 2. The highest BCUT2D eigenvalue weighted by atomic mass is 32.2. The molecule has 7 heteroatoms. The van der Waals surface area contributed by atoms with E-state index >= 15 is 0 Å². The zero-order valence-electron chi connectivity index (χ0n) is 15.8. The summed E-state index contributed by atoms with van der Waals surface area (Å²) < 4.78 is 10.6. The minimum absolute atomic E-state index is 0.0182. The molecule has 0 radical (unpaired) electrons. The Morgan fingerprint density at radius 1 is 1.14 bits per heavy atom. The van der Waals surface area contributed by atoms with Crippen LogP contribution in [-0.4, -0.2) is 54.5 Å². The van der Waals surface area contributed by atoms with E-state index in [1.54, 1.807) is 17.8 Å². The van der Waals surface area contributed by atoms with Gasteiger partial charge in [0, 0.05) is 35.8 Å². The van der Waals surface area contributed by atoms with Crippen molar-refractivity contribution in [1.82, 2.24) is 4.90 Å². The normalized spacial score (nSPS) is 17.0. The van der Waals surface area contributed by atoms with Crippen molar-refractivity contribution in [2.24, 2.45) is 0 Å². The molecule has 28 heavy (non-hydrogen) atoms. The zero-order chi connectivity index (χ0) is 19.8. The molecule has 0 aromatic heterocycles. The summed E-state index contributed by atoms with van der Waals surface area (Å²) >= 11 is 1.80. The topological polar surface area (TPSA) is 67.9 Å². The van der Waals surface area contributed by atoms with E-state index in [1.165, 1.54) is 7.11 Å². The highest BCUT2D eigenvalue weighted by Gasteiger charge is 2.27. The summed E-state index contributed by atoms with van der Waals surface area (Å²) in [6.45, 7) is 1.02. The van der Waals surface area contributed by atoms with Gasteiger partial charge in [-0.05, 0) is 24.3 Å². The fourth-order valence-corrected chi connectivity index (χ4v) is 4.14. The van der Waals surface area contributed by atoms with Crippen LogP contribution in [0.25, 0.3) is 0 Å². The van der Waals surface area contributed by atoms with Gasteiger partial charge in [0.25, 0.3) is 0 Å². The minimum Gasteiger partial charge on any atom is -0.469 e. The molecule has 1 heterocycles. The van der Waals surface area contributed by atoms with E-state index in [0.29, 0.717) is 17.9 Å². The van der Waals surface area contributed by atoms with E-state index in [0.717, 1.165) is 23.8 Å². The number of nitrogens with one attached hydrogen (secondary N) is 1. The third-order valence-corrected chi connectivity index (χ3v) is 5.51. The Balaban J connectivity index is 1.58. The number of carbonyl (C=O) groups is 2. The number of hydrogen-bond acceptors (Lipinski definition) is 6. The number of esters is 1. The van der Waals surface area contributed by atoms with Gasteiger partial charge < -0.3 is 14.8 Å². The molecule has 0 saturated carbocycles. The van der Waals surface area contributed by atoms with Crippen LogP contribution in [0.1, 0.15) is 6.42 Å². The number of amides is 1. The molecule has 1 saturated heterocycles. The van der Waals surface area contributed by atoms with Gasteiger partial charge in [0.2, 0.25) is 5.91 Å².